The summed E-state index contributed by atoms with van der Waals surface area (Å²) in [5.41, 5.74) is 2.22. The Bertz CT molecular complexity index is 816. The fraction of sp³-hybridized carbons (Fsp3) is 0.250. The molecule has 3 N–H and O–H groups in total. The lowest BCUT2D eigenvalue weighted by Gasteiger charge is -2.18. The molecular weight excluding hydrogens is 410 g/mol. The van der Waals surface area contributed by atoms with Crippen LogP contribution in [0.25, 0.3) is 0 Å². The summed E-state index contributed by atoms with van der Waals surface area (Å²) < 4.78 is 0.968. The third kappa shape index (κ3) is 6.21. The lowest BCUT2D eigenvalue weighted by molar-refractivity contribution is -0.115. The average Bonchev–Trinajstić information content (AvgIpc) is 2.59. The van der Waals surface area contributed by atoms with Crippen LogP contribution in [0.5, 0.6) is 0 Å². The maximum Gasteiger partial charge on any atom is 0.251 e. The van der Waals surface area contributed by atoms with Gasteiger partial charge in [-0.05, 0) is 42.3 Å². The van der Waals surface area contributed by atoms with Crippen LogP contribution in [-0.4, -0.2) is 17.7 Å². The van der Waals surface area contributed by atoms with Gasteiger partial charge in [0.15, 0.2) is 0 Å². The zero-order valence-corrected chi connectivity index (χ0v) is 17.0. The molecule has 3 amide bonds. The first-order valence-corrected chi connectivity index (χ1v) is 9.34. The summed E-state index contributed by atoms with van der Waals surface area (Å²) in [6.07, 6.45) is 0.720. The summed E-state index contributed by atoms with van der Waals surface area (Å²) >= 11 is 3.40. The largest absolute Gasteiger partial charge is 0.345 e. The molecular formula is C20H22BrN3O3. The Morgan fingerprint density at radius 1 is 0.926 bits per heavy atom. The predicted molar refractivity (Wildman–Crippen MR) is 110 cm³/mol. The standard InChI is InChI=1S/C20H22BrN3O3/c1-4-19(14-5-7-16(21)8-6-14)24-20(27)15-9-17(22-12(2)25)11-18(10-15)23-13(3)26/h5-11,19H,4H2,1-3H3,(H,22,25)(H,23,26)(H,24,27). The number of carbonyl (C=O) groups excluding carboxylic acids is 3. The van der Waals surface area contributed by atoms with Crippen molar-refractivity contribution < 1.29 is 14.4 Å². The molecule has 0 aromatic heterocycles. The van der Waals surface area contributed by atoms with E-state index in [1.165, 1.54) is 13.8 Å². The van der Waals surface area contributed by atoms with E-state index in [1.54, 1.807) is 18.2 Å². The van der Waals surface area contributed by atoms with Gasteiger partial charge in [0.05, 0.1) is 6.04 Å². The Morgan fingerprint density at radius 3 is 1.89 bits per heavy atom. The van der Waals surface area contributed by atoms with Crippen LogP contribution < -0.4 is 16.0 Å². The van der Waals surface area contributed by atoms with Gasteiger partial charge in [-0.2, -0.15) is 0 Å². The monoisotopic (exact) mass is 431 g/mol. The van der Waals surface area contributed by atoms with Crippen LogP contribution in [0, 0.1) is 0 Å². The zero-order chi connectivity index (χ0) is 20.0. The molecule has 2 rings (SSSR count). The molecule has 0 saturated heterocycles. The van der Waals surface area contributed by atoms with Crippen LogP contribution in [0.4, 0.5) is 11.4 Å². The SMILES string of the molecule is CCC(NC(=O)c1cc(NC(C)=O)cc(NC(C)=O)c1)c1ccc(Br)cc1. The van der Waals surface area contributed by atoms with Crippen LogP contribution >= 0.6 is 15.9 Å². The summed E-state index contributed by atoms with van der Waals surface area (Å²) in [7, 11) is 0. The third-order valence-electron chi connectivity index (χ3n) is 3.82. The summed E-state index contributed by atoms with van der Waals surface area (Å²) in [4.78, 5) is 35.5. The number of rotatable bonds is 6. The fourth-order valence-corrected chi connectivity index (χ4v) is 2.93. The average molecular weight is 432 g/mol. The summed E-state index contributed by atoms with van der Waals surface area (Å²) in [5.74, 6) is -0.811. The third-order valence-corrected chi connectivity index (χ3v) is 4.35. The number of benzene rings is 2. The zero-order valence-electron chi connectivity index (χ0n) is 15.4. The highest BCUT2D eigenvalue weighted by Crippen LogP contribution is 2.23. The molecule has 0 spiro atoms. The second-order valence-corrected chi connectivity index (χ2v) is 7.06. The van der Waals surface area contributed by atoms with E-state index in [0.717, 1.165) is 16.5 Å². The van der Waals surface area contributed by atoms with Gasteiger partial charge in [-0.1, -0.05) is 35.0 Å². The molecule has 0 heterocycles. The number of anilines is 2. The van der Waals surface area contributed by atoms with Crippen molar-refractivity contribution in [1.82, 2.24) is 5.32 Å². The van der Waals surface area contributed by atoms with Gasteiger partial charge in [-0.3, -0.25) is 14.4 Å². The van der Waals surface area contributed by atoms with Gasteiger partial charge in [0, 0.05) is 35.3 Å². The molecule has 1 unspecified atom stereocenters. The first-order chi connectivity index (χ1) is 12.8. The molecule has 1 atom stereocenters. The van der Waals surface area contributed by atoms with Gasteiger partial charge < -0.3 is 16.0 Å². The first-order valence-electron chi connectivity index (χ1n) is 8.55. The van der Waals surface area contributed by atoms with E-state index in [0.29, 0.717) is 16.9 Å². The Hall–Kier alpha value is -2.67. The molecule has 2 aromatic rings. The second kappa shape index (κ2) is 9.32. The van der Waals surface area contributed by atoms with Crippen LogP contribution in [0.2, 0.25) is 0 Å². The smallest absolute Gasteiger partial charge is 0.251 e. The number of hydrogen-bond acceptors (Lipinski definition) is 3. The van der Waals surface area contributed by atoms with Crippen molar-refractivity contribution in [2.75, 3.05) is 10.6 Å². The molecule has 0 radical (unpaired) electrons. The predicted octanol–water partition coefficient (Wildman–Crippen LogP) is 4.25. The summed E-state index contributed by atoms with van der Waals surface area (Å²) in [6.45, 7) is 4.75. The maximum atomic E-state index is 12.8. The first kappa shape index (κ1) is 20.6. The number of nitrogens with one attached hydrogen (secondary N) is 3. The van der Waals surface area contributed by atoms with Crippen LogP contribution in [0.1, 0.15) is 49.2 Å². The van der Waals surface area contributed by atoms with Crippen LogP contribution in [0.15, 0.2) is 46.9 Å². The van der Waals surface area contributed by atoms with Crippen molar-refractivity contribution in [1.29, 1.82) is 0 Å². The van der Waals surface area contributed by atoms with E-state index in [4.69, 9.17) is 0 Å². The van der Waals surface area contributed by atoms with E-state index in [1.807, 2.05) is 31.2 Å². The van der Waals surface area contributed by atoms with Crippen molar-refractivity contribution in [3.8, 4) is 0 Å². The second-order valence-electron chi connectivity index (χ2n) is 6.15. The molecule has 0 aliphatic heterocycles. The molecule has 6 nitrogen and oxygen atoms in total. The molecule has 0 aliphatic carbocycles. The van der Waals surface area contributed by atoms with Gasteiger partial charge in [0.1, 0.15) is 0 Å². The molecule has 0 saturated carbocycles. The molecule has 0 fully saturated rings. The summed E-state index contributed by atoms with van der Waals surface area (Å²) in [6, 6.07) is 12.4. The minimum atomic E-state index is -0.288. The highest BCUT2D eigenvalue weighted by Gasteiger charge is 2.16. The Balaban J connectivity index is 2.28. The number of carbonyl (C=O) groups is 3. The molecule has 27 heavy (non-hydrogen) atoms. The quantitative estimate of drug-likeness (QED) is 0.638. The Morgan fingerprint density at radius 2 is 1.44 bits per heavy atom. The highest BCUT2D eigenvalue weighted by molar-refractivity contribution is 9.10. The lowest BCUT2D eigenvalue weighted by Crippen LogP contribution is -2.28. The lowest BCUT2D eigenvalue weighted by atomic mass is 10.0. The number of amides is 3. The summed E-state index contributed by atoms with van der Waals surface area (Å²) in [5, 5.41) is 8.29. The molecule has 0 aliphatic rings. The van der Waals surface area contributed by atoms with E-state index in [-0.39, 0.29) is 23.8 Å². The van der Waals surface area contributed by atoms with Crippen LogP contribution in [-0.2, 0) is 9.59 Å². The van der Waals surface area contributed by atoms with Crippen LogP contribution in [0.3, 0.4) is 0 Å². The van der Waals surface area contributed by atoms with Crippen molar-refractivity contribution in [3.05, 3.63) is 58.1 Å². The molecule has 7 heteroatoms. The van der Waals surface area contributed by atoms with Crippen molar-refractivity contribution >= 4 is 45.0 Å². The Kier molecular flexibility index (Phi) is 7.12. The fourth-order valence-electron chi connectivity index (χ4n) is 2.67. The van der Waals surface area contributed by atoms with E-state index in [2.05, 4.69) is 31.9 Å². The minimum absolute atomic E-state index is 0.153. The number of hydrogen-bond donors (Lipinski definition) is 3. The Labute approximate surface area is 166 Å². The molecule has 142 valence electrons. The normalized spacial score (nSPS) is 11.4. The molecule has 0 bridgehead atoms. The van der Waals surface area contributed by atoms with Gasteiger partial charge in [0.25, 0.3) is 5.91 Å². The van der Waals surface area contributed by atoms with Crippen molar-refractivity contribution in [2.24, 2.45) is 0 Å². The van der Waals surface area contributed by atoms with Crippen molar-refractivity contribution in [3.63, 3.8) is 0 Å². The van der Waals surface area contributed by atoms with Gasteiger partial charge >= 0.3 is 0 Å². The van der Waals surface area contributed by atoms with E-state index >= 15 is 0 Å². The van der Waals surface area contributed by atoms with Crippen molar-refractivity contribution in [2.45, 2.75) is 33.2 Å². The molecule has 2 aromatic carbocycles. The van der Waals surface area contributed by atoms with E-state index < -0.39 is 0 Å². The van der Waals surface area contributed by atoms with Gasteiger partial charge in [-0.25, -0.2) is 0 Å². The maximum absolute atomic E-state index is 12.8. The van der Waals surface area contributed by atoms with Gasteiger partial charge in [-0.15, -0.1) is 0 Å². The van der Waals surface area contributed by atoms with E-state index in [9.17, 15) is 14.4 Å². The van der Waals surface area contributed by atoms with Gasteiger partial charge in [0.2, 0.25) is 11.8 Å². The minimum Gasteiger partial charge on any atom is -0.345 e. The topological polar surface area (TPSA) is 87.3 Å². The highest BCUT2D eigenvalue weighted by atomic mass is 79.9. The number of halogens is 1.